The van der Waals surface area contributed by atoms with Crippen LogP contribution in [0.1, 0.15) is 5.56 Å². The van der Waals surface area contributed by atoms with Crippen molar-refractivity contribution < 1.29 is 17.1 Å². The standard InChI is InChI=1S/C13H10N2.Cu/c1-11(12-7-3-2-4-8-12)15-13-9-5-6-10-14-13;/h1-10H;/q-2;+2. The molecule has 1 aromatic carbocycles. The summed E-state index contributed by atoms with van der Waals surface area (Å²) >= 11 is 0. The van der Waals surface area contributed by atoms with Crippen LogP contribution in [-0.4, -0.2) is 0 Å². The van der Waals surface area contributed by atoms with Crippen molar-refractivity contribution >= 4 is 5.70 Å². The summed E-state index contributed by atoms with van der Waals surface area (Å²) in [5.41, 5.74) is 2.01. The van der Waals surface area contributed by atoms with Crippen LogP contribution in [-0.2, 0) is 17.1 Å². The third-order valence-electron chi connectivity index (χ3n) is 1.95. The Balaban J connectivity index is 0.00000128. The quantitative estimate of drug-likeness (QED) is 0.597. The first-order valence-electron chi connectivity index (χ1n) is 4.67. The summed E-state index contributed by atoms with van der Waals surface area (Å²) in [5.74, 6) is 0. The van der Waals surface area contributed by atoms with E-state index in [0.29, 0.717) is 11.2 Å². The molecule has 2 rings (SSSR count). The molecule has 0 aliphatic carbocycles. The van der Waals surface area contributed by atoms with Gasteiger partial charge in [0.05, 0.1) is 0 Å². The van der Waals surface area contributed by atoms with E-state index < -0.39 is 0 Å². The number of benzene rings is 1. The van der Waals surface area contributed by atoms with Gasteiger partial charge in [-0.25, -0.2) is 5.70 Å². The van der Waals surface area contributed by atoms with Crippen LogP contribution in [0.4, 0.5) is 0 Å². The predicted octanol–water partition coefficient (Wildman–Crippen LogP) is 2.02. The van der Waals surface area contributed by atoms with Gasteiger partial charge in [0, 0.05) is 0 Å². The Morgan fingerprint density at radius 3 is 2.31 bits per heavy atom. The van der Waals surface area contributed by atoms with Gasteiger partial charge in [0.2, 0.25) is 0 Å². The van der Waals surface area contributed by atoms with Crippen LogP contribution in [0.3, 0.4) is 0 Å². The Bertz CT molecular complexity index is 497. The second kappa shape index (κ2) is 6.11. The van der Waals surface area contributed by atoms with E-state index in [9.17, 15) is 0 Å². The van der Waals surface area contributed by atoms with Crippen molar-refractivity contribution in [2.75, 3.05) is 0 Å². The molecular formula is C13H10CuN2. The zero-order valence-corrected chi connectivity index (χ0v) is 9.41. The molecule has 3 heteroatoms. The minimum Gasteiger partial charge on any atom is -0.473 e. The maximum atomic E-state index is 5.84. The maximum Gasteiger partial charge on any atom is 2.00 e. The van der Waals surface area contributed by atoms with E-state index in [1.54, 1.807) is 6.20 Å². The van der Waals surface area contributed by atoms with E-state index in [1.165, 1.54) is 0 Å². The molecule has 0 unspecified atom stereocenters. The smallest absolute Gasteiger partial charge is 0.473 e. The predicted molar refractivity (Wildman–Crippen MR) is 59.5 cm³/mol. The summed E-state index contributed by atoms with van der Waals surface area (Å²) in [5, 5.41) is 0. The van der Waals surface area contributed by atoms with Gasteiger partial charge in [-0.2, -0.15) is 5.56 Å². The molecule has 0 saturated carbocycles. The molecule has 83 valence electrons. The average Bonchev–Trinajstić information content (AvgIpc) is 2.31. The molecule has 16 heavy (non-hydrogen) atoms. The summed E-state index contributed by atoms with van der Waals surface area (Å²) in [6, 6.07) is 15.2. The molecule has 0 amide bonds. The van der Waals surface area contributed by atoms with Gasteiger partial charge in [0.15, 0.2) is 0 Å². The van der Waals surface area contributed by atoms with Gasteiger partial charge in [-0.15, -0.1) is 12.1 Å². The van der Waals surface area contributed by atoms with Gasteiger partial charge in [-0.05, 0) is 0 Å². The first-order valence-corrected chi connectivity index (χ1v) is 4.67. The fourth-order valence-corrected chi connectivity index (χ4v) is 1.22. The Labute approximate surface area is 105 Å². The molecule has 0 aliphatic rings. The summed E-state index contributed by atoms with van der Waals surface area (Å²) < 4.78 is 0. The van der Waals surface area contributed by atoms with E-state index in [4.69, 9.17) is 6.58 Å². The van der Waals surface area contributed by atoms with Crippen LogP contribution >= 0.6 is 0 Å². The summed E-state index contributed by atoms with van der Waals surface area (Å²) in [4.78, 5) is 8.29. The zero-order chi connectivity index (χ0) is 10.5. The third kappa shape index (κ3) is 3.23. The van der Waals surface area contributed by atoms with Crippen molar-refractivity contribution in [3.8, 4) is 0 Å². The van der Waals surface area contributed by atoms with Gasteiger partial charge in [-0.1, -0.05) is 48.1 Å². The largest absolute Gasteiger partial charge is 2.00 e. The fourth-order valence-electron chi connectivity index (χ4n) is 1.22. The minimum absolute atomic E-state index is 0. The zero-order valence-electron chi connectivity index (χ0n) is 8.47. The van der Waals surface area contributed by atoms with E-state index in [1.807, 2.05) is 48.5 Å². The number of aromatic nitrogens is 1. The minimum atomic E-state index is 0. The molecule has 0 bridgehead atoms. The van der Waals surface area contributed by atoms with Crippen molar-refractivity contribution in [1.82, 2.24) is 4.98 Å². The second-order valence-corrected chi connectivity index (χ2v) is 3.05. The van der Waals surface area contributed by atoms with Gasteiger partial charge in [0.25, 0.3) is 0 Å². The van der Waals surface area contributed by atoms with Gasteiger partial charge >= 0.3 is 17.1 Å². The van der Waals surface area contributed by atoms with Crippen LogP contribution in [0, 0.1) is 6.58 Å². The third-order valence-corrected chi connectivity index (χ3v) is 1.95. The van der Waals surface area contributed by atoms with Crippen molar-refractivity contribution in [2.24, 2.45) is 4.99 Å². The van der Waals surface area contributed by atoms with Crippen molar-refractivity contribution in [1.29, 1.82) is 0 Å². The summed E-state index contributed by atoms with van der Waals surface area (Å²) in [6.07, 6.45) is 1.69. The van der Waals surface area contributed by atoms with E-state index in [2.05, 4.69) is 9.98 Å². The van der Waals surface area contributed by atoms with Crippen molar-refractivity contribution in [2.45, 2.75) is 0 Å². The summed E-state index contributed by atoms with van der Waals surface area (Å²) in [7, 11) is 0. The Kier molecular flexibility index (Phi) is 4.77. The SMILES string of the molecule is [CH-]=C(N=c1cccc[n-]1)c1ccccc1.[Cu+2]. The molecule has 2 nitrogen and oxygen atoms in total. The maximum absolute atomic E-state index is 5.84. The van der Waals surface area contributed by atoms with Crippen LogP contribution < -0.4 is 10.5 Å². The number of rotatable bonds is 2. The van der Waals surface area contributed by atoms with Crippen LogP contribution in [0.2, 0.25) is 0 Å². The normalized spacial score (nSPS) is 10.6. The monoisotopic (exact) mass is 257 g/mol. The fraction of sp³-hybridized carbons (Fsp3) is 0. The Morgan fingerprint density at radius 2 is 1.69 bits per heavy atom. The van der Waals surface area contributed by atoms with Crippen LogP contribution in [0.15, 0.2) is 59.7 Å². The van der Waals surface area contributed by atoms with Gasteiger partial charge in [0.1, 0.15) is 0 Å². The van der Waals surface area contributed by atoms with Crippen molar-refractivity contribution in [3.63, 3.8) is 0 Å². The first-order chi connectivity index (χ1) is 7.36. The molecule has 0 spiro atoms. The van der Waals surface area contributed by atoms with E-state index >= 15 is 0 Å². The molecule has 1 aromatic heterocycles. The molecule has 0 fully saturated rings. The first kappa shape index (κ1) is 12.5. The molecule has 2 aromatic rings. The average molecular weight is 258 g/mol. The number of hydrogen-bond acceptors (Lipinski definition) is 1. The van der Waals surface area contributed by atoms with Crippen LogP contribution in [0.5, 0.6) is 0 Å². The Hall–Kier alpha value is -1.57. The summed E-state index contributed by atoms with van der Waals surface area (Å²) in [6.45, 7) is 5.84. The topological polar surface area (TPSA) is 26.5 Å². The molecule has 0 aliphatic heterocycles. The van der Waals surface area contributed by atoms with Crippen molar-refractivity contribution in [3.05, 3.63) is 72.4 Å². The van der Waals surface area contributed by atoms with E-state index in [0.717, 1.165) is 5.56 Å². The van der Waals surface area contributed by atoms with Gasteiger partial charge in [-0.3, -0.25) is 6.58 Å². The van der Waals surface area contributed by atoms with Gasteiger partial charge < -0.3 is 9.98 Å². The van der Waals surface area contributed by atoms with Crippen LogP contribution in [0.25, 0.3) is 5.70 Å². The second-order valence-electron chi connectivity index (χ2n) is 3.05. The molecular weight excluding hydrogens is 248 g/mol. The molecule has 0 N–H and O–H groups in total. The Morgan fingerprint density at radius 1 is 1.00 bits per heavy atom. The van der Waals surface area contributed by atoms with E-state index in [-0.39, 0.29) is 17.1 Å². The molecule has 0 atom stereocenters. The number of nitrogens with zero attached hydrogens (tertiary/aromatic N) is 2. The molecule has 1 heterocycles. The molecule has 0 saturated heterocycles. The number of pyridine rings is 1. The molecule has 1 radical (unpaired) electrons. The number of hydrogen-bond donors (Lipinski definition) is 0.